The van der Waals surface area contributed by atoms with Crippen molar-refractivity contribution in [2.24, 2.45) is 0 Å². The summed E-state index contributed by atoms with van der Waals surface area (Å²) in [7, 11) is 0. The molecule has 2 aromatic rings. The Bertz CT molecular complexity index is 890. The van der Waals surface area contributed by atoms with Gasteiger partial charge < -0.3 is 14.8 Å². The number of amides is 1. The van der Waals surface area contributed by atoms with E-state index in [0.717, 1.165) is 16.9 Å². The average molecular weight is 387 g/mol. The molecular weight excluding hydrogens is 368 g/mol. The van der Waals surface area contributed by atoms with Gasteiger partial charge in [-0.1, -0.05) is 23.7 Å². The van der Waals surface area contributed by atoms with Gasteiger partial charge in [-0.15, -0.1) is 0 Å². The number of nitrogens with one attached hydrogen (secondary N) is 1. The van der Waals surface area contributed by atoms with Crippen LogP contribution in [0.5, 0.6) is 5.75 Å². The first kappa shape index (κ1) is 20.3. The van der Waals surface area contributed by atoms with Crippen LogP contribution in [-0.2, 0) is 14.3 Å². The minimum Gasteiger partial charge on any atom is -0.493 e. The Balaban J connectivity index is 1.73. The standard InChI is InChI=1S/C20H19ClN2O4/c1-13-3-4-14(2)18(9-13)26-8-7-20(25)27-12-19(24)23-16-6-5-15(11-22)17(21)10-16/h3-6,9-10H,7-8,12H2,1-2H3,(H,23,24). The lowest BCUT2D eigenvalue weighted by Crippen LogP contribution is -2.21. The first-order valence-corrected chi connectivity index (χ1v) is 8.62. The number of anilines is 1. The molecule has 2 rings (SSSR count). The fourth-order valence-corrected chi connectivity index (χ4v) is 2.43. The number of nitrogens with zero attached hydrogens (tertiary/aromatic N) is 1. The third-order valence-corrected chi connectivity index (χ3v) is 3.96. The summed E-state index contributed by atoms with van der Waals surface area (Å²) in [5.74, 6) is -0.314. The molecule has 0 bridgehead atoms. The highest BCUT2D eigenvalue weighted by molar-refractivity contribution is 6.32. The van der Waals surface area contributed by atoms with Crippen molar-refractivity contribution >= 4 is 29.2 Å². The van der Waals surface area contributed by atoms with Crippen molar-refractivity contribution in [1.29, 1.82) is 5.26 Å². The van der Waals surface area contributed by atoms with Gasteiger partial charge in [-0.05, 0) is 49.2 Å². The van der Waals surface area contributed by atoms with Crippen LogP contribution in [-0.4, -0.2) is 25.1 Å². The first-order valence-electron chi connectivity index (χ1n) is 8.24. The molecule has 0 aromatic heterocycles. The Morgan fingerprint density at radius 3 is 2.67 bits per heavy atom. The smallest absolute Gasteiger partial charge is 0.309 e. The Kier molecular flexibility index (Phi) is 7.21. The summed E-state index contributed by atoms with van der Waals surface area (Å²) in [6.45, 7) is 3.63. The first-order chi connectivity index (χ1) is 12.9. The van der Waals surface area contributed by atoms with Crippen molar-refractivity contribution in [3.63, 3.8) is 0 Å². The molecular formula is C20H19ClN2O4. The van der Waals surface area contributed by atoms with Crippen LogP contribution < -0.4 is 10.1 Å². The van der Waals surface area contributed by atoms with E-state index in [0.29, 0.717) is 11.3 Å². The molecule has 140 valence electrons. The number of esters is 1. The van der Waals surface area contributed by atoms with Crippen molar-refractivity contribution in [1.82, 2.24) is 0 Å². The zero-order valence-electron chi connectivity index (χ0n) is 15.0. The molecule has 1 N–H and O–H groups in total. The van der Waals surface area contributed by atoms with Gasteiger partial charge in [0.05, 0.1) is 23.6 Å². The summed E-state index contributed by atoms with van der Waals surface area (Å²) in [4.78, 5) is 23.6. The van der Waals surface area contributed by atoms with E-state index in [4.69, 9.17) is 26.3 Å². The SMILES string of the molecule is Cc1ccc(C)c(OCCC(=O)OCC(=O)Nc2ccc(C#N)c(Cl)c2)c1. The summed E-state index contributed by atoms with van der Waals surface area (Å²) >= 11 is 5.90. The van der Waals surface area contributed by atoms with E-state index in [9.17, 15) is 9.59 Å². The lowest BCUT2D eigenvalue weighted by Gasteiger charge is -2.10. The molecule has 0 spiro atoms. The number of hydrogen-bond acceptors (Lipinski definition) is 5. The Morgan fingerprint density at radius 1 is 1.19 bits per heavy atom. The molecule has 0 radical (unpaired) electrons. The molecule has 2 aromatic carbocycles. The number of carbonyl (C=O) groups excluding carboxylic acids is 2. The van der Waals surface area contributed by atoms with Gasteiger partial charge in [-0.3, -0.25) is 9.59 Å². The van der Waals surface area contributed by atoms with E-state index in [1.165, 1.54) is 12.1 Å². The maximum atomic E-state index is 11.8. The van der Waals surface area contributed by atoms with Crippen LogP contribution >= 0.6 is 11.6 Å². The van der Waals surface area contributed by atoms with Gasteiger partial charge in [0.25, 0.3) is 5.91 Å². The average Bonchev–Trinajstić information content (AvgIpc) is 2.63. The van der Waals surface area contributed by atoms with Crippen LogP contribution in [0.1, 0.15) is 23.1 Å². The molecule has 0 saturated heterocycles. The molecule has 27 heavy (non-hydrogen) atoms. The quantitative estimate of drug-likeness (QED) is 0.731. The number of carbonyl (C=O) groups is 2. The third kappa shape index (κ3) is 6.32. The zero-order chi connectivity index (χ0) is 19.8. The summed E-state index contributed by atoms with van der Waals surface area (Å²) in [6.07, 6.45) is 0.0311. The molecule has 0 aliphatic carbocycles. The van der Waals surface area contributed by atoms with Gasteiger partial charge in [0.1, 0.15) is 11.8 Å². The maximum absolute atomic E-state index is 11.8. The van der Waals surface area contributed by atoms with E-state index >= 15 is 0 Å². The zero-order valence-corrected chi connectivity index (χ0v) is 15.8. The molecule has 0 aliphatic rings. The van der Waals surface area contributed by atoms with E-state index in [-0.39, 0.29) is 18.1 Å². The molecule has 0 atom stereocenters. The lowest BCUT2D eigenvalue weighted by atomic mass is 10.1. The lowest BCUT2D eigenvalue weighted by molar-refractivity contribution is -0.147. The molecule has 7 heteroatoms. The van der Waals surface area contributed by atoms with Crippen LogP contribution in [0.25, 0.3) is 0 Å². The van der Waals surface area contributed by atoms with E-state index in [1.807, 2.05) is 38.1 Å². The Morgan fingerprint density at radius 2 is 1.96 bits per heavy atom. The summed E-state index contributed by atoms with van der Waals surface area (Å²) in [6, 6.07) is 12.3. The number of ether oxygens (including phenoxy) is 2. The van der Waals surface area contributed by atoms with Gasteiger partial charge in [-0.25, -0.2) is 0 Å². The number of hydrogen-bond donors (Lipinski definition) is 1. The summed E-state index contributed by atoms with van der Waals surface area (Å²) in [5.41, 5.74) is 2.77. The number of aryl methyl sites for hydroxylation is 2. The van der Waals surface area contributed by atoms with Gasteiger partial charge >= 0.3 is 5.97 Å². The highest BCUT2D eigenvalue weighted by atomic mass is 35.5. The van der Waals surface area contributed by atoms with Crippen molar-refractivity contribution in [3.8, 4) is 11.8 Å². The molecule has 0 saturated carbocycles. The predicted octanol–water partition coefficient (Wildman–Crippen LogP) is 3.78. The van der Waals surface area contributed by atoms with E-state index in [2.05, 4.69) is 5.32 Å². The van der Waals surface area contributed by atoms with Gasteiger partial charge in [-0.2, -0.15) is 5.26 Å². The third-order valence-electron chi connectivity index (χ3n) is 3.64. The largest absolute Gasteiger partial charge is 0.493 e. The highest BCUT2D eigenvalue weighted by Crippen LogP contribution is 2.20. The fourth-order valence-electron chi connectivity index (χ4n) is 2.21. The fraction of sp³-hybridized carbons (Fsp3) is 0.250. The number of halogens is 1. The molecule has 0 heterocycles. The van der Waals surface area contributed by atoms with Crippen LogP contribution in [0.4, 0.5) is 5.69 Å². The minimum atomic E-state index is -0.534. The second-order valence-electron chi connectivity index (χ2n) is 5.88. The monoisotopic (exact) mass is 386 g/mol. The normalized spacial score (nSPS) is 10.0. The predicted molar refractivity (Wildman–Crippen MR) is 102 cm³/mol. The molecule has 6 nitrogen and oxygen atoms in total. The van der Waals surface area contributed by atoms with E-state index in [1.54, 1.807) is 6.07 Å². The second-order valence-corrected chi connectivity index (χ2v) is 6.29. The van der Waals surface area contributed by atoms with Gasteiger partial charge in [0, 0.05) is 5.69 Å². The molecule has 1 amide bonds. The topological polar surface area (TPSA) is 88.4 Å². The molecule has 0 unspecified atom stereocenters. The van der Waals surface area contributed by atoms with Crippen molar-refractivity contribution in [2.45, 2.75) is 20.3 Å². The molecule has 0 fully saturated rings. The Hall–Kier alpha value is -3.04. The Labute approximate surface area is 162 Å². The van der Waals surface area contributed by atoms with Gasteiger partial charge in [0.2, 0.25) is 0 Å². The van der Waals surface area contributed by atoms with Crippen LogP contribution in [0.15, 0.2) is 36.4 Å². The van der Waals surface area contributed by atoms with E-state index < -0.39 is 18.5 Å². The van der Waals surface area contributed by atoms with Crippen LogP contribution in [0.3, 0.4) is 0 Å². The minimum absolute atomic E-state index is 0.0311. The van der Waals surface area contributed by atoms with Crippen molar-refractivity contribution in [2.75, 3.05) is 18.5 Å². The van der Waals surface area contributed by atoms with Crippen LogP contribution in [0, 0.1) is 25.2 Å². The summed E-state index contributed by atoms with van der Waals surface area (Å²) < 4.78 is 10.5. The highest BCUT2D eigenvalue weighted by Gasteiger charge is 2.10. The van der Waals surface area contributed by atoms with Gasteiger partial charge in [0.15, 0.2) is 6.61 Å². The molecule has 0 aliphatic heterocycles. The van der Waals surface area contributed by atoms with Crippen LogP contribution in [0.2, 0.25) is 5.02 Å². The number of rotatable bonds is 7. The van der Waals surface area contributed by atoms with Crippen molar-refractivity contribution in [3.05, 3.63) is 58.1 Å². The maximum Gasteiger partial charge on any atom is 0.309 e. The number of nitriles is 1. The summed E-state index contributed by atoms with van der Waals surface area (Å²) in [5, 5.41) is 11.6. The van der Waals surface area contributed by atoms with Crippen molar-refractivity contribution < 1.29 is 19.1 Å². The number of benzene rings is 2. The second kappa shape index (κ2) is 9.60.